The minimum atomic E-state index is -0.567. The largest absolute Gasteiger partial charge is 0.381 e. The van der Waals surface area contributed by atoms with E-state index in [-0.39, 0.29) is 5.82 Å². The lowest BCUT2D eigenvalue weighted by atomic mass is 10.5. The lowest BCUT2D eigenvalue weighted by Crippen LogP contribution is -1.92. The molecule has 0 saturated heterocycles. The molecule has 1 rings (SSSR count). The van der Waals surface area contributed by atoms with Crippen LogP contribution in [0.15, 0.2) is 12.5 Å². The lowest BCUT2D eigenvalue weighted by molar-refractivity contribution is -0.389. The summed E-state index contributed by atoms with van der Waals surface area (Å²) in [5.41, 5.74) is 0. The third-order valence-electron chi connectivity index (χ3n) is 1.29. The molecular formula is C6H6N4O2. The van der Waals surface area contributed by atoms with Crippen LogP contribution in [-0.2, 0) is 6.54 Å². The Morgan fingerprint density at radius 2 is 2.58 bits per heavy atom. The van der Waals surface area contributed by atoms with E-state index in [0.29, 0.717) is 13.0 Å². The van der Waals surface area contributed by atoms with E-state index in [2.05, 4.69) is 4.98 Å². The van der Waals surface area contributed by atoms with E-state index in [1.807, 2.05) is 6.07 Å². The molecule has 0 fully saturated rings. The standard InChI is InChI=1S/C6H6N4O2/c7-2-1-3-9-4-6(8-5-9)10(11)12/h4-5H,1,3H2. The highest BCUT2D eigenvalue weighted by Crippen LogP contribution is 2.05. The first-order valence-electron chi connectivity index (χ1n) is 3.27. The molecule has 0 bridgehead atoms. The molecule has 0 N–H and O–H groups in total. The van der Waals surface area contributed by atoms with Crippen LogP contribution in [0, 0.1) is 21.4 Å². The molecule has 1 aromatic heterocycles. The molecule has 1 heterocycles. The van der Waals surface area contributed by atoms with Gasteiger partial charge in [-0.25, -0.2) is 0 Å². The first kappa shape index (κ1) is 8.20. The monoisotopic (exact) mass is 166 g/mol. The van der Waals surface area contributed by atoms with Crippen molar-refractivity contribution >= 4 is 5.82 Å². The molecule has 12 heavy (non-hydrogen) atoms. The van der Waals surface area contributed by atoms with Crippen LogP contribution >= 0.6 is 0 Å². The summed E-state index contributed by atoms with van der Waals surface area (Å²) in [6, 6.07) is 1.94. The van der Waals surface area contributed by atoms with Gasteiger partial charge in [0.25, 0.3) is 0 Å². The van der Waals surface area contributed by atoms with Gasteiger partial charge in [-0.05, 0) is 9.91 Å². The Morgan fingerprint density at radius 3 is 3.08 bits per heavy atom. The molecule has 0 aliphatic heterocycles. The van der Waals surface area contributed by atoms with Gasteiger partial charge in [0.2, 0.25) is 6.33 Å². The van der Waals surface area contributed by atoms with E-state index < -0.39 is 4.92 Å². The second-order valence-corrected chi connectivity index (χ2v) is 2.13. The molecule has 62 valence electrons. The third-order valence-corrected chi connectivity index (χ3v) is 1.29. The normalized spacial score (nSPS) is 9.25. The minimum Gasteiger partial charge on any atom is -0.358 e. The fourth-order valence-corrected chi connectivity index (χ4v) is 0.744. The van der Waals surface area contributed by atoms with E-state index in [0.717, 1.165) is 0 Å². The predicted molar refractivity (Wildman–Crippen MR) is 39.1 cm³/mol. The van der Waals surface area contributed by atoms with E-state index in [1.54, 1.807) is 0 Å². The average Bonchev–Trinajstić information content (AvgIpc) is 2.48. The fourth-order valence-electron chi connectivity index (χ4n) is 0.744. The summed E-state index contributed by atoms with van der Waals surface area (Å²) in [5, 5.41) is 18.4. The van der Waals surface area contributed by atoms with Gasteiger partial charge < -0.3 is 14.7 Å². The van der Waals surface area contributed by atoms with E-state index >= 15 is 0 Å². The highest BCUT2D eigenvalue weighted by molar-refractivity contribution is 5.12. The van der Waals surface area contributed by atoms with Crippen molar-refractivity contribution in [3.63, 3.8) is 0 Å². The Balaban J connectivity index is 2.66. The van der Waals surface area contributed by atoms with Gasteiger partial charge in [-0.2, -0.15) is 5.26 Å². The summed E-state index contributed by atoms with van der Waals surface area (Å²) in [6.07, 6.45) is 2.97. The number of hydrogen-bond acceptors (Lipinski definition) is 4. The molecule has 0 amide bonds. The predicted octanol–water partition coefficient (Wildman–Crippen LogP) is 0.705. The summed E-state index contributed by atoms with van der Waals surface area (Å²) in [7, 11) is 0. The molecular weight excluding hydrogens is 160 g/mol. The van der Waals surface area contributed by atoms with Crippen LogP contribution in [0.4, 0.5) is 5.82 Å². The first-order chi connectivity index (χ1) is 5.74. The third kappa shape index (κ3) is 1.79. The number of aryl methyl sites for hydroxylation is 1. The van der Waals surface area contributed by atoms with Crippen LogP contribution in [0.5, 0.6) is 0 Å². The van der Waals surface area contributed by atoms with Gasteiger partial charge in [-0.1, -0.05) is 0 Å². The van der Waals surface area contributed by atoms with Gasteiger partial charge in [-0.3, -0.25) is 0 Å². The van der Waals surface area contributed by atoms with E-state index in [1.165, 1.54) is 17.1 Å². The summed E-state index contributed by atoms with van der Waals surface area (Å²) in [5.74, 6) is -0.187. The topological polar surface area (TPSA) is 84.8 Å². The van der Waals surface area contributed by atoms with E-state index in [9.17, 15) is 10.1 Å². The first-order valence-corrected chi connectivity index (χ1v) is 3.27. The molecule has 6 heteroatoms. The number of imidazole rings is 1. The Morgan fingerprint density at radius 1 is 1.83 bits per heavy atom. The average molecular weight is 166 g/mol. The second-order valence-electron chi connectivity index (χ2n) is 2.13. The Hall–Kier alpha value is -1.90. The van der Waals surface area contributed by atoms with Crippen molar-refractivity contribution in [2.45, 2.75) is 13.0 Å². The van der Waals surface area contributed by atoms with Gasteiger partial charge >= 0.3 is 5.82 Å². The molecule has 6 nitrogen and oxygen atoms in total. The maximum absolute atomic E-state index is 10.2. The van der Waals surface area contributed by atoms with Gasteiger partial charge in [0.05, 0.1) is 12.5 Å². The Labute approximate surface area is 68.2 Å². The maximum Gasteiger partial charge on any atom is 0.381 e. The zero-order chi connectivity index (χ0) is 8.97. The zero-order valence-electron chi connectivity index (χ0n) is 6.17. The van der Waals surface area contributed by atoms with Crippen LogP contribution in [0.2, 0.25) is 0 Å². The SMILES string of the molecule is N#CCCn1cnc([N+](=O)[O-])c1. The molecule has 0 unspecified atom stereocenters. The lowest BCUT2D eigenvalue weighted by Gasteiger charge is -1.90. The number of nitriles is 1. The highest BCUT2D eigenvalue weighted by Gasteiger charge is 2.08. The number of nitrogens with zero attached hydrogens (tertiary/aromatic N) is 4. The van der Waals surface area contributed by atoms with E-state index in [4.69, 9.17) is 5.26 Å². The molecule has 0 spiro atoms. The van der Waals surface area contributed by atoms with Crippen LogP contribution in [0.3, 0.4) is 0 Å². The van der Waals surface area contributed by atoms with Crippen LogP contribution in [-0.4, -0.2) is 14.5 Å². The zero-order valence-corrected chi connectivity index (χ0v) is 6.17. The number of aromatic nitrogens is 2. The van der Waals surface area contributed by atoms with Crippen molar-refractivity contribution in [2.75, 3.05) is 0 Å². The van der Waals surface area contributed by atoms with Crippen molar-refractivity contribution in [2.24, 2.45) is 0 Å². The Kier molecular flexibility index (Phi) is 2.38. The minimum absolute atomic E-state index is 0.187. The summed E-state index contributed by atoms with van der Waals surface area (Å²) >= 11 is 0. The maximum atomic E-state index is 10.2. The van der Waals surface area contributed by atoms with Crippen molar-refractivity contribution in [1.29, 1.82) is 5.26 Å². The van der Waals surface area contributed by atoms with Gasteiger partial charge in [-0.15, -0.1) is 0 Å². The van der Waals surface area contributed by atoms with Crippen LogP contribution in [0.25, 0.3) is 0 Å². The highest BCUT2D eigenvalue weighted by atomic mass is 16.6. The molecule has 0 aliphatic carbocycles. The van der Waals surface area contributed by atoms with Gasteiger partial charge in [0.15, 0.2) is 0 Å². The molecule has 0 atom stereocenters. The summed E-state index contributed by atoms with van der Waals surface area (Å²) in [4.78, 5) is 13.1. The molecule has 0 aliphatic rings. The van der Waals surface area contributed by atoms with Crippen molar-refractivity contribution in [3.05, 3.63) is 22.6 Å². The van der Waals surface area contributed by atoms with Crippen molar-refractivity contribution in [3.8, 4) is 6.07 Å². The van der Waals surface area contributed by atoms with Gasteiger partial charge in [0.1, 0.15) is 6.20 Å². The number of hydrogen-bond donors (Lipinski definition) is 0. The number of nitro groups is 1. The van der Waals surface area contributed by atoms with Crippen molar-refractivity contribution < 1.29 is 4.92 Å². The summed E-state index contributed by atoms with van der Waals surface area (Å²) in [6.45, 7) is 0.442. The quantitative estimate of drug-likeness (QED) is 0.488. The molecule has 0 saturated carbocycles. The molecule has 0 aromatic carbocycles. The smallest absolute Gasteiger partial charge is 0.358 e. The summed E-state index contributed by atoms with van der Waals surface area (Å²) < 4.78 is 1.52. The molecule has 0 radical (unpaired) electrons. The second kappa shape index (κ2) is 3.48. The number of rotatable bonds is 3. The Bertz CT molecular complexity index is 325. The van der Waals surface area contributed by atoms with Crippen molar-refractivity contribution in [1.82, 2.24) is 9.55 Å². The van der Waals surface area contributed by atoms with Crippen LogP contribution in [0.1, 0.15) is 6.42 Å². The fraction of sp³-hybridized carbons (Fsp3) is 0.333. The van der Waals surface area contributed by atoms with Crippen LogP contribution < -0.4 is 0 Å². The molecule has 1 aromatic rings. The van der Waals surface area contributed by atoms with Gasteiger partial charge in [0, 0.05) is 6.54 Å².